The maximum Gasteiger partial charge on any atom is 0.223 e. The maximum atomic E-state index is 11.5. The topological polar surface area (TPSA) is 70.9 Å². The van der Waals surface area contributed by atoms with E-state index in [1.165, 1.54) is 5.56 Å². The Labute approximate surface area is 89.2 Å². The van der Waals surface area contributed by atoms with Gasteiger partial charge in [-0.05, 0) is 30.9 Å². The summed E-state index contributed by atoms with van der Waals surface area (Å²) in [7, 11) is 0. The SMILES string of the molecule is NC1CC(C(=O)NCCc2cc[nH]c2)C1. The summed E-state index contributed by atoms with van der Waals surface area (Å²) in [6, 6.07) is 2.26. The van der Waals surface area contributed by atoms with Gasteiger partial charge in [-0.2, -0.15) is 0 Å². The lowest BCUT2D eigenvalue weighted by Gasteiger charge is -2.31. The van der Waals surface area contributed by atoms with E-state index in [0.717, 1.165) is 19.3 Å². The summed E-state index contributed by atoms with van der Waals surface area (Å²) >= 11 is 0. The number of nitrogens with one attached hydrogen (secondary N) is 2. The summed E-state index contributed by atoms with van der Waals surface area (Å²) in [6.07, 6.45) is 6.41. The molecule has 1 aliphatic carbocycles. The number of aromatic nitrogens is 1. The van der Waals surface area contributed by atoms with Crippen molar-refractivity contribution in [2.24, 2.45) is 11.7 Å². The number of carbonyl (C=O) groups excluding carboxylic acids is 1. The van der Waals surface area contributed by atoms with Crippen molar-refractivity contribution in [3.05, 3.63) is 24.0 Å². The van der Waals surface area contributed by atoms with Crippen LogP contribution in [-0.4, -0.2) is 23.5 Å². The van der Waals surface area contributed by atoms with Crippen molar-refractivity contribution in [1.29, 1.82) is 0 Å². The van der Waals surface area contributed by atoms with Crippen LogP contribution in [0, 0.1) is 5.92 Å². The molecule has 0 unspecified atom stereocenters. The predicted octanol–water partition coefficient (Wildman–Crippen LogP) is 0.411. The summed E-state index contributed by atoms with van der Waals surface area (Å²) in [5, 5.41) is 2.94. The Morgan fingerprint density at radius 3 is 3.00 bits per heavy atom. The first-order chi connectivity index (χ1) is 7.25. The average Bonchev–Trinajstić information content (AvgIpc) is 2.65. The highest BCUT2D eigenvalue weighted by molar-refractivity contribution is 5.79. The number of carbonyl (C=O) groups is 1. The third-order valence-corrected chi connectivity index (χ3v) is 2.92. The highest BCUT2D eigenvalue weighted by atomic mass is 16.1. The Hall–Kier alpha value is -1.29. The van der Waals surface area contributed by atoms with E-state index in [9.17, 15) is 4.79 Å². The summed E-state index contributed by atoms with van der Waals surface area (Å²) in [5.74, 6) is 0.318. The van der Waals surface area contributed by atoms with Gasteiger partial charge in [0.05, 0.1) is 0 Å². The van der Waals surface area contributed by atoms with Crippen molar-refractivity contribution in [2.45, 2.75) is 25.3 Å². The van der Waals surface area contributed by atoms with Gasteiger partial charge in [-0.25, -0.2) is 0 Å². The smallest absolute Gasteiger partial charge is 0.223 e. The van der Waals surface area contributed by atoms with Crippen LogP contribution in [0.2, 0.25) is 0 Å². The van der Waals surface area contributed by atoms with E-state index in [1.807, 2.05) is 18.5 Å². The van der Waals surface area contributed by atoms with Crippen LogP contribution in [0.25, 0.3) is 0 Å². The van der Waals surface area contributed by atoms with Crippen molar-refractivity contribution in [3.63, 3.8) is 0 Å². The molecule has 4 heteroatoms. The van der Waals surface area contributed by atoms with E-state index in [4.69, 9.17) is 5.73 Å². The Morgan fingerprint density at radius 1 is 1.60 bits per heavy atom. The van der Waals surface area contributed by atoms with Crippen LogP contribution in [0.4, 0.5) is 0 Å². The molecule has 1 saturated carbocycles. The van der Waals surface area contributed by atoms with Gasteiger partial charge in [0.25, 0.3) is 0 Å². The zero-order chi connectivity index (χ0) is 10.7. The van der Waals surface area contributed by atoms with Crippen LogP contribution in [0.3, 0.4) is 0 Å². The molecule has 0 atom stereocenters. The van der Waals surface area contributed by atoms with Crippen molar-refractivity contribution < 1.29 is 4.79 Å². The minimum Gasteiger partial charge on any atom is -0.367 e. The Bertz CT molecular complexity index is 315. The molecule has 82 valence electrons. The molecule has 0 aliphatic heterocycles. The van der Waals surface area contributed by atoms with Gasteiger partial charge in [0, 0.05) is 30.9 Å². The van der Waals surface area contributed by atoms with Gasteiger partial charge < -0.3 is 16.0 Å². The highest BCUT2D eigenvalue weighted by Gasteiger charge is 2.31. The minimum atomic E-state index is 0.159. The number of H-pyrrole nitrogens is 1. The molecule has 1 aromatic rings. The molecule has 1 fully saturated rings. The first kappa shape index (κ1) is 10.2. The van der Waals surface area contributed by atoms with E-state index in [2.05, 4.69) is 10.3 Å². The van der Waals surface area contributed by atoms with Gasteiger partial charge in [-0.15, -0.1) is 0 Å². The van der Waals surface area contributed by atoms with Crippen LogP contribution >= 0.6 is 0 Å². The molecule has 15 heavy (non-hydrogen) atoms. The second kappa shape index (κ2) is 4.49. The molecule has 0 aromatic carbocycles. The maximum absolute atomic E-state index is 11.5. The number of rotatable bonds is 4. The molecule has 4 nitrogen and oxygen atoms in total. The number of hydrogen-bond acceptors (Lipinski definition) is 2. The lowest BCUT2D eigenvalue weighted by molar-refractivity contribution is -0.127. The Morgan fingerprint density at radius 2 is 2.40 bits per heavy atom. The van der Waals surface area contributed by atoms with Crippen molar-refractivity contribution >= 4 is 5.91 Å². The van der Waals surface area contributed by atoms with E-state index < -0.39 is 0 Å². The largest absolute Gasteiger partial charge is 0.367 e. The van der Waals surface area contributed by atoms with Crippen LogP contribution < -0.4 is 11.1 Å². The minimum absolute atomic E-state index is 0.159. The second-order valence-electron chi connectivity index (χ2n) is 4.19. The molecule has 1 aliphatic rings. The molecule has 0 saturated heterocycles. The fourth-order valence-electron chi connectivity index (χ4n) is 1.86. The second-order valence-corrected chi connectivity index (χ2v) is 4.19. The fraction of sp³-hybridized carbons (Fsp3) is 0.545. The number of nitrogens with two attached hydrogens (primary N) is 1. The van der Waals surface area contributed by atoms with E-state index >= 15 is 0 Å². The Kier molecular flexibility index (Phi) is 3.06. The average molecular weight is 207 g/mol. The summed E-state index contributed by atoms with van der Waals surface area (Å²) in [4.78, 5) is 14.5. The molecule has 2 rings (SSSR count). The summed E-state index contributed by atoms with van der Waals surface area (Å²) < 4.78 is 0. The van der Waals surface area contributed by atoms with Crippen LogP contribution in [0.15, 0.2) is 18.5 Å². The lowest BCUT2D eigenvalue weighted by atomic mass is 9.80. The van der Waals surface area contributed by atoms with Crippen LogP contribution in [-0.2, 0) is 11.2 Å². The van der Waals surface area contributed by atoms with Gasteiger partial charge in [0.1, 0.15) is 0 Å². The third-order valence-electron chi connectivity index (χ3n) is 2.92. The fourth-order valence-corrected chi connectivity index (χ4v) is 1.86. The highest BCUT2D eigenvalue weighted by Crippen LogP contribution is 2.25. The van der Waals surface area contributed by atoms with Crippen molar-refractivity contribution in [3.8, 4) is 0 Å². The van der Waals surface area contributed by atoms with E-state index in [-0.39, 0.29) is 17.9 Å². The molecule has 1 amide bonds. The van der Waals surface area contributed by atoms with Gasteiger partial charge in [-0.1, -0.05) is 0 Å². The number of amides is 1. The van der Waals surface area contributed by atoms with Gasteiger partial charge in [0.2, 0.25) is 5.91 Å². The molecule has 0 spiro atoms. The van der Waals surface area contributed by atoms with Gasteiger partial charge in [0.15, 0.2) is 0 Å². The molecule has 0 radical (unpaired) electrons. The zero-order valence-corrected chi connectivity index (χ0v) is 8.70. The third kappa shape index (κ3) is 2.59. The normalized spacial score (nSPS) is 24.6. The zero-order valence-electron chi connectivity index (χ0n) is 8.70. The summed E-state index contributed by atoms with van der Waals surface area (Å²) in [6.45, 7) is 0.711. The first-order valence-electron chi connectivity index (χ1n) is 5.40. The van der Waals surface area contributed by atoms with E-state index in [0.29, 0.717) is 6.54 Å². The van der Waals surface area contributed by atoms with Crippen molar-refractivity contribution in [2.75, 3.05) is 6.54 Å². The summed E-state index contributed by atoms with van der Waals surface area (Å²) in [5.41, 5.74) is 6.85. The quantitative estimate of drug-likeness (QED) is 0.669. The van der Waals surface area contributed by atoms with E-state index in [1.54, 1.807) is 0 Å². The Balaban J connectivity index is 1.64. The van der Waals surface area contributed by atoms with Gasteiger partial charge in [-0.3, -0.25) is 4.79 Å². The molecule has 0 bridgehead atoms. The number of aromatic amines is 1. The predicted molar refractivity (Wildman–Crippen MR) is 58.2 cm³/mol. The first-order valence-corrected chi connectivity index (χ1v) is 5.40. The van der Waals surface area contributed by atoms with Crippen LogP contribution in [0.1, 0.15) is 18.4 Å². The molecule has 1 heterocycles. The molecule has 4 N–H and O–H groups in total. The monoisotopic (exact) mass is 207 g/mol. The standard InChI is InChI=1S/C11H17N3O/c12-10-5-9(6-10)11(15)14-4-2-8-1-3-13-7-8/h1,3,7,9-10,13H,2,4-6,12H2,(H,14,15). The number of hydrogen-bond donors (Lipinski definition) is 3. The van der Waals surface area contributed by atoms with Gasteiger partial charge >= 0.3 is 0 Å². The molecular formula is C11H17N3O. The van der Waals surface area contributed by atoms with Crippen LogP contribution in [0.5, 0.6) is 0 Å². The lowest BCUT2D eigenvalue weighted by Crippen LogP contribution is -2.45. The molecular weight excluding hydrogens is 190 g/mol. The van der Waals surface area contributed by atoms with Crippen molar-refractivity contribution in [1.82, 2.24) is 10.3 Å². The molecule has 1 aromatic heterocycles.